The molecule has 1 aliphatic rings. The maximum absolute atomic E-state index is 13.6. The molecular formula is C20H26FN3O2+2. The molecule has 0 spiro atoms. The number of rotatable bonds is 6. The fourth-order valence-electron chi connectivity index (χ4n) is 3.33. The summed E-state index contributed by atoms with van der Waals surface area (Å²) in [5.41, 5.74) is 1.54. The Balaban J connectivity index is 1.43. The van der Waals surface area contributed by atoms with Crippen molar-refractivity contribution in [2.45, 2.75) is 6.54 Å². The molecule has 0 bridgehead atoms. The molecule has 0 atom stereocenters. The number of piperazine rings is 1. The first-order valence-corrected chi connectivity index (χ1v) is 8.98. The molecule has 26 heavy (non-hydrogen) atoms. The van der Waals surface area contributed by atoms with Crippen LogP contribution in [0.2, 0.25) is 0 Å². The average Bonchev–Trinajstić information content (AvgIpc) is 2.66. The summed E-state index contributed by atoms with van der Waals surface area (Å²) in [7, 11) is 1.67. The van der Waals surface area contributed by atoms with E-state index in [0.29, 0.717) is 6.54 Å². The number of amides is 1. The van der Waals surface area contributed by atoms with Gasteiger partial charge in [-0.2, -0.15) is 0 Å². The molecule has 138 valence electrons. The van der Waals surface area contributed by atoms with Gasteiger partial charge >= 0.3 is 0 Å². The van der Waals surface area contributed by atoms with Crippen molar-refractivity contribution in [2.24, 2.45) is 0 Å². The van der Waals surface area contributed by atoms with Gasteiger partial charge in [0.15, 0.2) is 6.54 Å². The minimum absolute atomic E-state index is 0.135. The van der Waals surface area contributed by atoms with Gasteiger partial charge in [-0.05, 0) is 36.4 Å². The Morgan fingerprint density at radius 3 is 2.35 bits per heavy atom. The second-order valence-electron chi connectivity index (χ2n) is 6.73. The first-order chi connectivity index (χ1) is 12.6. The second-order valence-corrected chi connectivity index (χ2v) is 6.73. The maximum atomic E-state index is 13.6. The third kappa shape index (κ3) is 5.03. The molecule has 0 aliphatic carbocycles. The van der Waals surface area contributed by atoms with E-state index in [9.17, 15) is 9.18 Å². The van der Waals surface area contributed by atoms with Crippen LogP contribution in [0.15, 0.2) is 48.5 Å². The van der Waals surface area contributed by atoms with Gasteiger partial charge < -0.3 is 19.9 Å². The van der Waals surface area contributed by atoms with Crippen LogP contribution < -0.4 is 19.9 Å². The number of para-hydroxylation sites is 1. The molecule has 1 heterocycles. The monoisotopic (exact) mass is 359 g/mol. The zero-order valence-corrected chi connectivity index (χ0v) is 15.1. The summed E-state index contributed by atoms with van der Waals surface area (Å²) in [5.74, 6) is 0.340. The molecule has 2 aromatic rings. The highest BCUT2D eigenvalue weighted by atomic mass is 19.1. The van der Waals surface area contributed by atoms with Crippen molar-refractivity contribution in [3.05, 3.63) is 59.9 Å². The Morgan fingerprint density at radius 1 is 1.04 bits per heavy atom. The van der Waals surface area contributed by atoms with Crippen LogP contribution in [0.25, 0.3) is 0 Å². The number of carbonyl (C=O) groups is 1. The highest BCUT2D eigenvalue weighted by Crippen LogP contribution is 2.12. The van der Waals surface area contributed by atoms with E-state index < -0.39 is 5.82 Å². The van der Waals surface area contributed by atoms with Gasteiger partial charge in [0.1, 0.15) is 44.3 Å². The van der Waals surface area contributed by atoms with Gasteiger partial charge in [-0.25, -0.2) is 4.39 Å². The summed E-state index contributed by atoms with van der Waals surface area (Å²) < 4.78 is 18.8. The third-order valence-corrected chi connectivity index (χ3v) is 4.84. The zero-order valence-electron chi connectivity index (χ0n) is 15.1. The molecule has 0 radical (unpaired) electrons. The zero-order chi connectivity index (χ0) is 18.4. The summed E-state index contributed by atoms with van der Waals surface area (Å²) in [6.45, 7) is 5.29. The highest BCUT2D eigenvalue weighted by Gasteiger charge is 2.25. The van der Waals surface area contributed by atoms with Crippen LogP contribution in [0.1, 0.15) is 5.56 Å². The molecule has 1 aliphatic heterocycles. The van der Waals surface area contributed by atoms with Crippen molar-refractivity contribution in [2.75, 3.05) is 45.2 Å². The predicted octanol–water partition coefficient (Wildman–Crippen LogP) is -0.244. The van der Waals surface area contributed by atoms with E-state index in [4.69, 9.17) is 4.74 Å². The Hall–Kier alpha value is -2.44. The normalized spacial score (nSPS) is 19.8. The summed E-state index contributed by atoms with van der Waals surface area (Å²) >= 11 is 0. The third-order valence-electron chi connectivity index (χ3n) is 4.84. The Kier molecular flexibility index (Phi) is 6.20. The Morgan fingerprint density at radius 2 is 1.69 bits per heavy atom. The van der Waals surface area contributed by atoms with Crippen molar-refractivity contribution < 1.29 is 23.7 Å². The average molecular weight is 359 g/mol. The number of ether oxygens (including phenoxy) is 1. The number of hydrogen-bond donors (Lipinski definition) is 3. The molecule has 3 rings (SSSR count). The van der Waals surface area contributed by atoms with Crippen molar-refractivity contribution >= 4 is 11.6 Å². The quantitative estimate of drug-likeness (QED) is 0.667. The van der Waals surface area contributed by atoms with Crippen molar-refractivity contribution in [3.8, 4) is 5.75 Å². The summed E-state index contributed by atoms with van der Waals surface area (Å²) in [6, 6.07) is 14.4. The van der Waals surface area contributed by atoms with Gasteiger partial charge in [0.05, 0.1) is 12.8 Å². The largest absolute Gasteiger partial charge is 0.497 e. The van der Waals surface area contributed by atoms with Crippen molar-refractivity contribution in [1.82, 2.24) is 0 Å². The number of carbonyl (C=O) groups excluding carboxylic acids is 1. The van der Waals surface area contributed by atoms with Crippen molar-refractivity contribution in [3.63, 3.8) is 0 Å². The maximum Gasteiger partial charge on any atom is 0.279 e. The molecule has 1 amide bonds. The number of nitrogens with one attached hydrogen (secondary N) is 3. The highest BCUT2D eigenvalue weighted by molar-refractivity contribution is 5.91. The molecule has 0 saturated carbocycles. The van der Waals surface area contributed by atoms with E-state index in [2.05, 4.69) is 17.4 Å². The van der Waals surface area contributed by atoms with Crippen LogP contribution in [0, 0.1) is 5.82 Å². The molecule has 6 heteroatoms. The van der Waals surface area contributed by atoms with Gasteiger partial charge in [0.2, 0.25) is 0 Å². The predicted molar refractivity (Wildman–Crippen MR) is 98.0 cm³/mol. The fraction of sp³-hybridized carbons (Fsp3) is 0.350. The van der Waals surface area contributed by atoms with Gasteiger partial charge in [-0.15, -0.1) is 0 Å². The number of quaternary nitrogens is 2. The summed E-state index contributed by atoms with van der Waals surface area (Å²) in [6.07, 6.45) is 0. The topological polar surface area (TPSA) is 47.2 Å². The minimum atomic E-state index is -0.399. The SMILES string of the molecule is COc1ccc(C[NH+]2CC[NH+](CC(=O)Nc3ccccc3F)CC2)cc1. The van der Waals surface area contributed by atoms with E-state index in [-0.39, 0.29) is 11.6 Å². The molecule has 0 unspecified atom stereocenters. The van der Waals surface area contributed by atoms with Gasteiger partial charge in [-0.1, -0.05) is 12.1 Å². The van der Waals surface area contributed by atoms with Crippen LogP contribution in [-0.2, 0) is 11.3 Å². The van der Waals surface area contributed by atoms with Crippen molar-refractivity contribution in [1.29, 1.82) is 0 Å². The lowest BCUT2D eigenvalue weighted by molar-refractivity contribution is -1.02. The molecular weight excluding hydrogens is 333 g/mol. The fourth-order valence-corrected chi connectivity index (χ4v) is 3.33. The van der Waals surface area contributed by atoms with Gasteiger partial charge in [-0.3, -0.25) is 4.79 Å². The first kappa shape index (κ1) is 18.4. The lowest BCUT2D eigenvalue weighted by Crippen LogP contribution is -3.28. The van der Waals surface area contributed by atoms with E-state index in [1.54, 1.807) is 25.3 Å². The van der Waals surface area contributed by atoms with Crippen LogP contribution in [0.5, 0.6) is 5.75 Å². The molecule has 1 saturated heterocycles. The number of halogens is 1. The summed E-state index contributed by atoms with van der Waals surface area (Å²) in [4.78, 5) is 14.9. The van der Waals surface area contributed by atoms with E-state index >= 15 is 0 Å². The molecule has 0 aromatic heterocycles. The molecule has 3 N–H and O–H groups in total. The Labute approximate surface area is 153 Å². The summed E-state index contributed by atoms with van der Waals surface area (Å²) in [5, 5.41) is 2.67. The van der Waals surface area contributed by atoms with Crippen LogP contribution >= 0.6 is 0 Å². The number of benzene rings is 2. The lowest BCUT2D eigenvalue weighted by atomic mass is 10.2. The van der Waals surface area contributed by atoms with E-state index in [1.807, 2.05) is 12.1 Å². The molecule has 1 fully saturated rings. The van der Waals surface area contributed by atoms with Crippen LogP contribution in [-0.4, -0.2) is 45.7 Å². The number of methoxy groups -OCH3 is 1. The second kappa shape index (κ2) is 8.78. The Bertz CT molecular complexity index is 728. The number of anilines is 1. The van der Waals surface area contributed by atoms with E-state index in [0.717, 1.165) is 38.5 Å². The molecule has 2 aromatic carbocycles. The smallest absolute Gasteiger partial charge is 0.279 e. The van der Waals surface area contributed by atoms with Gasteiger partial charge in [0.25, 0.3) is 5.91 Å². The lowest BCUT2D eigenvalue weighted by Gasteiger charge is -2.29. The van der Waals surface area contributed by atoms with Gasteiger partial charge in [0, 0.05) is 5.56 Å². The first-order valence-electron chi connectivity index (χ1n) is 8.98. The van der Waals surface area contributed by atoms with Crippen LogP contribution in [0.4, 0.5) is 10.1 Å². The molecule has 5 nitrogen and oxygen atoms in total. The number of hydrogen-bond acceptors (Lipinski definition) is 2. The minimum Gasteiger partial charge on any atom is -0.497 e. The van der Waals surface area contributed by atoms with Crippen LogP contribution in [0.3, 0.4) is 0 Å². The van der Waals surface area contributed by atoms with E-state index in [1.165, 1.54) is 21.4 Å². The standard InChI is InChI=1S/C20H24FN3O2/c1-26-17-8-6-16(7-9-17)14-23-10-12-24(13-11-23)15-20(25)22-19-5-3-2-4-18(19)21/h2-9H,10-15H2,1H3,(H,22,25)/p+2.